The Morgan fingerprint density at radius 3 is 2.58 bits per heavy atom. The lowest BCUT2D eigenvalue weighted by Gasteiger charge is -2.08. The highest BCUT2D eigenvalue weighted by molar-refractivity contribution is 5.94. The number of rotatable bonds is 8. The Morgan fingerprint density at radius 2 is 1.92 bits per heavy atom. The van der Waals surface area contributed by atoms with Gasteiger partial charge in [0.2, 0.25) is 0 Å². The number of hydrogen-bond acceptors (Lipinski definition) is 3. The van der Waals surface area contributed by atoms with E-state index < -0.39 is 0 Å². The monoisotopic (exact) mass is 348 g/mol. The maximum absolute atomic E-state index is 12.0. The predicted octanol–water partition coefficient (Wildman–Crippen LogP) is 3.84. The van der Waals surface area contributed by atoms with Crippen LogP contribution in [0.1, 0.15) is 35.7 Å². The van der Waals surface area contributed by atoms with E-state index in [9.17, 15) is 4.79 Å². The molecule has 4 nitrogen and oxygen atoms in total. The summed E-state index contributed by atoms with van der Waals surface area (Å²) in [6.45, 7) is 3.49. The highest BCUT2D eigenvalue weighted by Gasteiger charge is 2.05. The summed E-state index contributed by atoms with van der Waals surface area (Å²) >= 11 is 0. The van der Waals surface area contributed by atoms with Crippen LogP contribution in [-0.4, -0.2) is 19.1 Å². The smallest absolute Gasteiger partial charge is 0.251 e. The number of amides is 1. The van der Waals surface area contributed by atoms with E-state index in [1.54, 1.807) is 24.3 Å². The maximum Gasteiger partial charge on any atom is 0.251 e. The number of nitrogen functional groups attached to an aromatic ring is 1. The minimum absolute atomic E-state index is 0. The lowest BCUT2D eigenvalue weighted by molar-refractivity contribution is 0.0954. The van der Waals surface area contributed by atoms with Crippen molar-refractivity contribution in [3.8, 4) is 5.75 Å². The molecular formula is C19H25ClN2O2. The molecule has 2 aromatic rings. The van der Waals surface area contributed by atoms with Crippen molar-refractivity contribution in [2.75, 3.05) is 18.9 Å². The van der Waals surface area contributed by atoms with Crippen LogP contribution in [-0.2, 0) is 6.42 Å². The van der Waals surface area contributed by atoms with Gasteiger partial charge in [0.05, 0.1) is 6.61 Å². The fourth-order valence-electron chi connectivity index (χ4n) is 2.19. The summed E-state index contributed by atoms with van der Waals surface area (Å²) in [7, 11) is 0. The number of nitrogens with one attached hydrogen (secondary N) is 1. The molecule has 0 fully saturated rings. The molecule has 0 aliphatic heterocycles. The molecule has 130 valence electrons. The molecule has 2 aromatic carbocycles. The van der Waals surface area contributed by atoms with E-state index in [1.807, 2.05) is 24.3 Å². The van der Waals surface area contributed by atoms with Crippen LogP contribution >= 0.6 is 12.4 Å². The van der Waals surface area contributed by atoms with Crippen LogP contribution in [0.15, 0.2) is 48.5 Å². The zero-order chi connectivity index (χ0) is 16.5. The Morgan fingerprint density at radius 1 is 1.17 bits per heavy atom. The first-order valence-corrected chi connectivity index (χ1v) is 8.04. The summed E-state index contributed by atoms with van der Waals surface area (Å²) < 4.78 is 5.63. The van der Waals surface area contributed by atoms with Gasteiger partial charge in [0.25, 0.3) is 5.91 Å². The molecule has 24 heavy (non-hydrogen) atoms. The average molecular weight is 349 g/mol. The summed E-state index contributed by atoms with van der Waals surface area (Å²) in [6, 6.07) is 15.0. The number of nitrogens with two attached hydrogens (primary N) is 1. The van der Waals surface area contributed by atoms with Crippen LogP contribution in [0, 0.1) is 0 Å². The maximum atomic E-state index is 12.0. The molecular weight excluding hydrogens is 324 g/mol. The molecule has 0 bridgehead atoms. The third-order valence-electron chi connectivity index (χ3n) is 3.54. The molecule has 0 unspecified atom stereocenters. The Bertz CT molecular complexity index is 630. The summed E-state index contributed by atoms with van der Waals surface area (Å²) in [5, 5.41) is 2.91. The number of ether oxygens (including phenoxy) is 1. The molecule has 5 heteroatoms. The quantitative estimate of drug-likeness (QED) is 0.562. The first kappa shape index (κ1) is 19.8. The van der Waals surface area contributed by atoms with E-state index in [2.05, 4.69) is 12.2 Å². The molecule has 0 saturated heterocycles. The fourth-order valence-corrected chi connectivity index (χ4v) is 2.19. The highest BCUT2D eigenvalue weighted by Crippen LogP contribution is 2.13. The molecule has 3 N–H and O–H groups in total. The van der Waals surface area contributed by atoms with Crippen molar-refractivity contribution in [3.05, 3.63) is 59.7 Å². The van der Waals surface area contributed by atoms with Crippen molar-refractivity contribution in [2.45, 2.75) is 26.2 Å². The minimum atomic E-state index is -0.100. The molecule has 0 radical (unpaired) electrons. The molecule has 0 aliphatic carbocycles. The van der Waals surface area contributed by atoms with E-state index in [0.717, 1.165) is 31.6 Å². The van der Waals surface area contributed by atoms with Crippen LogP contribution in [0.2, 0.25) is 0 Å². The Labute approximate surface area is 149 Å². The molecule has 1 amide bonds. The number of unbranched alkanes of at least 4 members (excludes halogenated alkanes) is 1. The number of benzene rings is 2. The lowest BCUT2D eigenvalue weighted by atomic mass is 10.1. The van der Waals surface area contributed by atoms with Crippen LogP contribution in [0.4, 0.5) is 5.69 Å². The number of carbonyl (C=O) groups is 1. The van der Waals surface area contributed by atoms with Gasteiger partial charge < -0.3 is 15.8 Å². The lowest BCUT2D eigenvalue weighted by Crippen LogP contribution is -2.25. The minimum Gasteiger partial charge on any atom is -0.494 e. The zero-order valence-electron chi connectivity index (χ0n) is 14.0. The van der Waals surface area contributed by atoms with Crippen molar-refractivity contribution in [1.82, 2.24) is 5.32 Å². The van der Waals surface area contributed by atoms with E-state index >= 15 is 0 Å². The Hall–Kier alpha value is -2.20. The normalized spacial score (nSPS) is 9.88. The summed E-state index contributed by atoms with van der Waals surface area (Å²) in [5.74, 6) is 0.794. The van der Waals surface area contributed by atoms with Crippen molar-refractivity contribution in [3.63, 3.8) is 0 Å². The van der Waals surface area contributed by atoms with Gasteiger partial charge in [-0.15, -0.1) is 12.4 Å². The van der Waals surface area contributed by atoms with Gasteiger partial charge in [0.1, 0.15) is 5.75 Å². The van der Waals surface area contributed by atoms with E-state index in [0.29, 0.717) is 17.8 Å². The standard InChI is InChI=1S/C19H24N2O2.ClH/c1-2-3-13-23-18-9-7-15(8-10-18)11-12-21-19(22)16-5-4-6-17(20)14-16;/h4-10,14H,2-3,11-13,20H2,1H3,(H,21,22);1H. The first-order valence-electron chi connectivity index (χ1n) is 8.04. The van der Waals surface area contributed by atoms with Gasteiger partial charge in [0.15, 0.2) is 0 Å². The van der Waals surface area contributed by atoms with Gasteiger partial charge in [-0.05, 0) is 48.7 Å². The van der Waals surface area contributed by atoms with Crippen molar-refractivity contribution >= 4 is 24.0 Å². The topological polar surface area (TPSA) is 64.3 Å². The molecule has 0 saturated carbocycles. The van der Waals surface area contributed by atoms with E-state index in [1.165, 1.54) is 5.56 Å². The summed E-state index contributed by atoms with van der Waals surface area (Å²) in [5.41, 5.74) is 8.03. The third kappa shape index (κ3) is 6.50. The molecule has 0 heterocycles. The second-order valence-corrected chi connectivity index (χ2v) is 5.48. The summed E-state index contributed by atoms with van der Waals surface area (Å²) in [6.07, 6.45) is 2.98. The second-order valence-electron chi connectivity index (χ2n) is 5.48. The number of carbonyl (C=O) groups excluding carboxylic acids is 1. The zero-order valence-corrected chi connectivity index (χ0v) is 14.8. The van der Waals surface area contributed by atoms with Crippen LogP contribution < -0.4 is 15.8 Å². The molecule has 2 rings (SSSR count). The molecule has 0 aliphatic rings. The average Bonchev–Trinajstić information content (AvgIpc) is 2.56. The second kappa shape index (κ2) is 10.6. The highest BCUT2D eigenvalue weighted by atomic mass is 35.5. The van der Waals surface area contributed by atoms with Gasteiger partial charge in [-0.25, -0.2) is 0 Å². The van der Waals surface area contributed by atoms with Crippen LogP contribution in [0.25, 0.3) is 0 Å². The molecule has 0 atom stereocenters. The van der Waals surface area contributed by atoms with Crippen LogP contribution in [0.3, 0.4) is 0 Å². The number of hydrogen-bond donors (Lipinski definition) is 2. The summed E-state index contributed by atoms with van der Waals surface area (Å²) in [4.78, 5) is 12.0. The predicted molar refractivity (Wildman–Crippen MR) is 101 cm³/mol. The number of anilines is 1. The third-order valence-corrected chi connectivity index (χ3v) is 3.54. The van der Waals surface area contributed by atoms with Crippen molar-refractivity contribution in [1.29, 1.82) is 0 Å². The van der Waals surface area contributed by atoms with Crippen molar-refractivity contribution < 1.29 is 9.53 Å². The van der Waals surface area contributed by atoms with Gasteiger partial charge >= 0.3 is 0 Å². The SMILES string of the molecule is CCCCOc1ccc(CCNC(=O)c2cccc(N)c2)cc1.Cl. The van der Waals surface area contributed by atoms with Crippen LogP contribution in [0.5, 0.6) is 5.75 Å². The van der Waals surface area contributed by atoms with Gasteiger partial charge in [-0.1, -0.05) is 31.5 Å². The molecule has 0 aromatic heterocycles. The van der Waals surface area contributed by atoms with Gasteiger partial charge in [-0.3, -0.25) is 4.79 Å². The van der Waals surface area contributed by atoms with Gasteiger partial charge in [-0.2, -0.15) is 0 Å². The first-order chi connectivity index (χ1) is 11.2. The van der Waals surface area contributed by atoms with Crippen molar-refractivity contribution in [2.24, 2.45) is 0 Å². The van der Waals surface area contributed by atoms with E-state index in [4.69, 9.17) is 10.5 Å². The largest absolute Gasteiger partial charge is 0.494 e. The Balaban J connectivity index is 0.00000288. The molecule has 0 spiro atoms. The fraction of sp³-hybridized carbons (Fsp3) is 0.316. The van der Waals surface area contributed by atoms with E-state index in [-0.39, 0.29) is 18.3 Å². The Kier molecular flexibility index (Phi) is 8.72. The number of halogens is 1. The van der Waals surface area contributed by atoms with Gasteiger partial charge in [0, 0.05) is 17.8 Å².